The van der Waals surface area contributed by atoms with Crippen LogP contribution in [-0.4, -0.2) is 58.1 Å². The van der Waals surface area contributed by atoms with Crippen LogP contribution in [0.15, 0.2) is 47.4 Å². The lowest BCUT2D eigenvalue weighted by atomic mass is 10.1. The quantitative estimate of drug-likeness (QED) is 0.733. The Bertz CT molecular complexity index is 1020. The van der Waals surface area contributed by atoms with E-state index in [0.717, 1.165) is 12.0 Å². The molecule has 0 unspecified atom stereocenters. The van der Waals surface area contributed by atoms with Gasteiger partial charge in [0.15, 0.2) is 11.5 Å². The van der Waals surface area contributed by atoms with Crippen LogP contribution in [0.25, 0.3) is 0 Å². The molecule has 0 bridgehead atoms. The Labute approximate surface area is 182 Å². The number of fused-ring (bicyclic) bond motifs is 1. The highest BCUT2D eigenvalue weighted by Crippen LogP contribution is 2.32. The number of carbonyl (C=O) groups excluding carboxylic acids is 1. The van der Waals surface area contributed by atoms with Crippen molar-refractivity contribution in [2.75, 3.05) is 44.8 Å². The van der Waals surface area contributed by atoms with E-state index in [9.17, 15) is 13.2 Å². The number of rotatable bonds is 6. The van der Waals surface area contributed by atoms with E-state index in [2.05, 4.69) is 5.32 Å². The molecule has 0 aliphatic carbocycles. The van der Waals surface area contributed by atoms with Gasteiger partial charge in [0, 0.05) is 37.7 Å². The zero-order valence-electron chi connectivity index (χ0n) is 17.2. The van der Waals surface area contributed by atoms with E-state index in [1.165, 1.54) is 4.31 Å². The molecule has 2 aromatic carbocycles. The third-order valence-corrected chi connectivity index (χ3v) is 7.12. The van der Waals surface area contributed by atoms with Crippen molar-refractivity contribution < 1.29 is 27.4 Å². The van der Waals surface area contributed by atoms with Gasteiger partial charge in [0.25, 0.3) is 0 Å². The van der Waals surface area contributed by atoms with Crippen LogP contribution in [0, 0.1) is 0 Å². The minimum absolute atomic E-state index is 0.125. The van der Waals surface area contributed by atoms with Crippen LogP contribution in [0.5, 0.6) is 11.5 Å². The van der Waals surface area contributed by atoms with Gasteiger partial charge in [-0.1, -0.05) is 12.1 Å². The van der Waals surface area contributed by atoms with Crippen LogP contribution in [0.3, 0.4) is 0 Å². The fourth-order valence-electron chi connectivity index (χ4n) is 3.49. The molecule has 0 atom stereocenters. The number of nitrogens with zero attached hydrogens (tertiary/aromatic N) is 1. The predicted molar refractivity (Wildman–Crippen MR) is 115 cm³/mol. The maximum Gasteiger partial charge on any atom is 0.243 e. The van der Waals surface area contributed by atoms with Crippen molar-refractivity contribution in [1.29, 1.82) is 0 Å². The van der Waals surface area contributed by atoms with Crippen molar-refractivity contribution >= 4 is 21.6 Å². The topological polar surface area (TPSA) is 94.2 Å². The maximum absolute atomic E-state index is 12.7. The number of carbonyl (C=O) groups is 1. The van der Waals surface area contributed by atoms with Crippen LogP contribution in [-0.2, 0) is 26.0 Å². The second-order valence-corrected chi connectivity index (χ2v) is 9.36. The van der Waals surface area contributed by atoms with E-state index < -0.39 is 10.0 Å². The number of hydrogen-bond donors (Lipinski definition) is 1. The molecule has 0 radical (unpaired) electrons. The first-order valence-electron chi connectivity index (χ1n) is 10.4. The van der Waals surface area contributed by atoms with E-state index in [0.29, 0.717) is 63.1 Å². The van der Waals surface area contributed by atoms with Crippen molar-refractivity contribution in [2.24, 2.45) is 0 Å². The minimum atomic E-state index is -3.51. The highest BCUT2D eigenvalue weighted by atomic mass is 32.2. The zero-order valence-corrected chi connectivity index (χ0v) is 18.0. The van der Waals surface area contributed by atoms with Crippen LogP contribution in [0.4, 0.5) is 5.69 Å². The molecule has 1 N–H and O–H groups in total. The molecule has 2 aliphatic rings. The number of aryl methyl sites for hydroxylation is 1. The Balaban J connectivity index is 1.32. The summed E-state index contributed by atoms with van der Waals surface area (Å²) in [5.41, 5.74) is 1.55. The zero-order chi connectivity index (χ0) is 21.7. The molecule has 1 amide bonds. The molecular formula is C22H26N2O6S. The van der Waals surface area contributed by atoms with Crippen molar-refractivity contribution in [3.8, 4) is 11.5 Å². The Kier molecular flexibility index (Phi) is 6.74. The summed E-state index contributed by atoms with van der Waals surface area (Å²) in [6, 6.07) is 12.1. The summed E-state index contributed by atoms with van der Waals surface area (Å²) >= 11 is 0. The summed E-state index contributed by atoms with van der Waals surface area (Å²) in [7, 11) is -3.51. The van der Waals surface area contributed by atoms with Crippen molar-refractivity contribution in [3.05, 3.63) is 48.0 Å². The second kappa shape index (κ2) is 9.67. The molecule has 1 fully saturated rings. The van der Waals surface area contributed by atoms with Crippen LogP contribution in [0.2, 0.25) is 0 Å². The molecule has 2 aromatic rings. The van der Waals surface area contributed by atoms with Crippen LogP contribution in [0.1, 0.15) is 18.4 Å². The number of sulfonamides is 1. The summed E-state index contributed by atoms with van der Waals surface area (Å²) in [5.74, 6) is 1.19. The van der Waals surface area contributed by atoms with Gasteiger partial charge in [0.1, 0.15) is 0 Å². The highest BCUT2D eigenvalue weighted by Gasteiger charge is 2.26. The lowest BCUT2D eigenvalue weighted by molar-refractivity contribution is -0.116. The third-order valence-electron chi connectivity index (χ3n) is 5.20. The lowest BCUT2D eigenvalue weighted by Gasteiger charge is -2.26. The van der Waals surface area contributed by atoms with Crippen molar-refractivity contribution in [2.45, 2.75) is 24.2 Å². The summed E-state index contributed by atoms with van der Waals surface area (Å²) in [4.78, 5) is 12.6. The molecule has 1 saturated heterocycles. The van der Waals surface area contributed by atoms with Crippen molar-refractivity contribution in [3.63, 3.8) is 0 Å². The van der Waals surface area contributed by atoms with Gasteiger partial charge in [-0.15, -0.1) is 0 Å². The average Bonchev–Trinajstić information content (AvgIpc) is 3.04. The molecule has 0 spiro atoms. The van der Waals surface area contributed by atoms with E-state index >= 15 is 0 Å². The third kappa shape index (κ3) is 5.36. The van der Waals surface area contributed by atoms with Gasteiger partial charge in [-0.3, -0.25) is 4.79 Å². The van der Waals surface area contributed by atoms with Gasteiger partial charge >= 0.3 is 0 Å². The lowest BCUT2D eigenvalue weighted by Crippen LogP contribution is -2.40. The van der Waals surface area contributed by atoms with E-state index in [-0.39, 0.29) is 17.2 Å². The first-order chi connectivity index (χ1) is 15.0. The summed E-state index contributed by atoms with van der Waals surface area (Å²) < 4.78 is 43.3. The Morgan fingerprint density at radius 3 is 2.39 bits per heavy atom. The number of amides is 1. The molecule has 2 heterocycles. The number of anilines is 1. The van der Waals surface area contributed by atoms with E-state index in [1.54, 1.807) is 42.5 Å². The Morgan fingerprint density at radius 1 is 0.935 bits per heavy atom. The standard InChI is InChI=1S/C22H26N2O6S/c25-22(23-18-5-8-20-21(16-18)30-13-1-12-29-20)9-4-17-2-6-19(7-3-17)31(26,27)24-10-14-28-15-11-24/h2-3,5-8,16H,1,4,9-15H2,(H,23,25). The van der Waals surface area contributed by atoms with E-state index in [1.807, 2.05) is 0 Å². The Morgan fingerprint density at radius 2 is 1.65 bits per heavy atom. The van der Waals surface area contributed by atoms with Gasteiger partial charge in [-0.25, -0.2) is 8.42 Å². The molecule has 0 aromatic heterocycles. The Hall–Kier alpha value is -2.62. The highest BCUT2D eigenvalue weighted by molar-refractivity contribution is 7.89. The number of morpholine rings is 1. The largest absolute Gasteiger partial charge is 0.490 e. The predicted octanol–water partition coefficient (Wildman–Crippen LogP) is 2.44. The minimum Gasteiger partial charge on any atom is -0.490 e. The van der Waals surface area contributed by atoms with Crippen LogP contribution >= 0.6 is 0 Å². The van der Waals surface area contributed by atoms with Crippen LogP contribution < -0.4 is 14.8 Å². The van der Waals surface area contributed by atoms with Gasteiger partial charge < -0.3 is 19.5 Å². The number of benzene rings is 2. The average molecular weight is 447 g/mol. The molecule has 9 heteroatoms. The molecule has 31 heavy (non-hydrogen) atoms. The molecule has 166 valence electrons. The van der Waals surface area contributed by atoms with Crippen molar-refractivity contribution in [1.82, 2.24) is 4.31 Å². The van der Waals surface area contributed by atoms with Gasteiger partial charge in [0.2, 0.25) is 15.9 Å². The molecule has 2 aliphatic heterocycles. The van der Waals surface area contributed by atoms with Gasteiger partial charge in [0.05, 0.1) is 31.3 Å². The maximum atomic E-state index is 12.7. The molecule has 0 saturated carbocycles. The summed E-state index contributed by atoms with van der Waals surface area (Å²) in [5, 5.41) is 2.87. The molecular weight excluding hydrogens is 420 g/mol. The monoisotopic (exact) mass is 446 g/mol. The number of nitrogens with one attached hydrogen (secondary N) is 1. The fraction of sp³-hybridized carbons (Fsp3) is 0.409. The summed E-state index contributed by atoms with van der Waals surface area (Å²) in [6.45, 7) is 2.76. The molecule has 8 nitrogen and oxygen atoms in total. The number of ether oxygens (including phenoxy) is 3. The first kappa shape index (κ1) is 21.6. The SMILES string of the molecule is O=C(CCc1ccc(S(=O)(=O)N2CCOCC2)cc1)Nc1ccc2c(c1)OCCCO2. The first-order valence-corrected chi connectivity index (χ1v) is 11.8. The summed E-state index contributed by atoms with van der Waals surface area (Å²) in [6.07, 6.45) is 1.61. The second-order valence-electron chi connectivity index (χ2n) is 7.42. The van der Waals surface area contributed by atoms with Gasteiger partial charge in [-0.05, 0) is 36.2 Å². The van der Waals surface area contributed by atoms with Gasteiger partial charge in [-0.2, -0.15) is 4.31 Å². The molecule has 4 rings (SSSR count). The van der Waals surface area contributed by atoms with E-state index in [4.69, 9.17) is 14.2 Å². The number of hydrogen-bond acceptors (Lipinski definition) is 6. The normalized spacial score (nSPS) is 17.0. The fourth-order valence-corrected chi connectivity index (χ4v) is 4.89. The smallest absolute Gasteiger partial charge is 0.243 e.